The molecule has 4 rings (SSSR count). The number of hydrogen-bond acceptors (Lipinski definition) is 6. The van der Waals surface area contributed by atoms with Gasteiger partial charge in [0.05, 0.1) is 24.5 Å². The molecule has 0 atom stereocenters. The second kappa shape index (κ2) is 7.57. The van der Waals surface area contributed by atoms with Crippen molar-refractivity contribution in [1.82, 2.24) is 30.1 Å². The van der Waals surface area contributed by atoms with E-state index in [4.69, 9.17) is 4.52 Å². The molecule has 2 aliphatic rings. The van der Waals surface area contributed by atoms with Gasteiger partial charge in [0.2, 0.25) is 11.8 Å². The summed E-state index contributed by atoms with van der Waals surface area (Å²) in [7, 11) is 0. The SMILES string of the molecule is CCN(Cc1noc(C2CCC2)n1)C(=O)CCc1cc2n(n1)CCNC2. The predicted octanol–water partition coefficient (Wildman–Crippen LogP) is 1.62. The van der Waals surface area contributed by atoms with Crippen LogP contribution >= 0.6 is 0 Å². The fourth-order valence-electron chi connectivity index (χ4n) is 3.47. The van der Waals surface area contributed by atoms with E-state index in [1.807, 2.05) is 11.6 Å². The average Bonchev–Trinajstić information content (AvgIpc) is 3.22. The third-order valence-electron chi connectivity index (χ3n) is 5.32. The Hall–Kier alpha value is -2.22. The Balaban J connectivity index is 1.31. The van der Waals surface area contributed by atoms with Gasteiger partial charge < -0.3 is 14.7 Å². The Kier molecular flexibility index (Phi) is 5.01. The number of nitrogens with zero attached hydrogens (tertiary/aromatic N) is 5. The van der Waals surface area contributed by atoms with Gasteiger partial charge in [-0.15, -0.1) is 0 Å². The Morgan fingerprint density at radius 2 is 2.35 bits per heavy atom. The summed E-state index contributed by atoms with van der Waals surface area (Å²) in [6.45, 7) is 5.72. The molecule has 8 heteroatoms. The molecule has 0 bridgehead atoms. The van der Waals surface area contributed by atoms with E-state index in [-0.39, 0.29) is 5.91 Å². The first kappa shape index (κ1) is 17.2. The molecule has 26 heavy (non-hydrogen) atoms. The summed E-state index contributed by atoms with van der Waals surface area (Å²) in [4.78, 5) is 18.9. The minimum Gasteiger partial charge on any atom is -0.339 e. The number of nitrogens with one attached hydrogen (secondary N) is 1. The highest BCUT2D eigenvalue weighted by molar-refractivity contribution is 5.76. The predicted molar refractivity (Wildman–Crippen MR) is 94.2 cm³/mol. The van der Waals surface area contributed by atoms with Crippen LogP contribution in [0.4, 0.5) is 0 Å². The monoisotopic (exact) mass is 358 g/mol. The first-order valence-corrected chi connectivity index (χ1v) is 9.59. The van der Waals surface area contributed by atoms with Gasteiger partial charge >= 0.3 is 0 Å². The second-order valence-electron chi connectivity index (χ2n) is 7.11. The lowest BCUT2D eigenvalue weighted by Crippen LogP contribution is -2.31. The number of carbonyl (C=O) groups excluding carboxylic acids is 1. The maximum Gasteiger partial charge on any atom is 0.229 e. The molecule has 1 aliphatic heterocycles. The third kappa shape index (κ3) is 3.65. The summed E-state index contributed by atoms with van der Waals surface area (Å²) in [5, 5.41) is 12.0. The van der Waals surface area contributed by atoms with Gasteiger partial charge in [-0.1, -0.05) is 11.6 Å². The van der Waals surface area contributed by atoms with E-state index in [0.717, 1.165) is 44.1 Å². The molecule has 1 aliphatic carbocycles. The molecule has 1 fully saturated rings. The molecule has 0 spiro atoms. The zero-order valence-corrected chi connectivity index (χ0v) is 15.3. The van der Waals surface area contributed by atoms with E-state index in [9.17, 15) is 4.79 Å². The van der Waals surface area contributed by atoms with Crippen molar-refractivity contribution in [3.8, 4) is 0 Å². The average molecular weight is 358 g/mol. The van der Waals surface area contributed by atoms with Crippen LogP contribution in [-0.4, -0.2) is 43.8 Å². The number of fused-ring (bicyclic) bond motifs is 1. The van der Waals surface area contributed by atoms with Gasteiger partial charge in [-0.2, -0.15) is 10.1 Å². The van der Waals surface area contributed by atoms with Crippen LogP contribution in [0.3, 0.4) is 0 Å². The highest BCUT2D eigenvalue weighted by Gasteiger charge is 2.26. The van der Waals surface area contributed by atoms with Gasteiger partial charge in [0.25, 0.3) is 0 Å². The van der Waals surface area contributed by atoms with Crippen LogP contribution in [0.1, 0.15) is 61.6 Å². The molecule has 2 aromatic rings. The lowest BCUT2D eigenvalue weighted by Gasteiger charge is -2.20. The summed E-state index contributed by atoms with van der Waals surface area (Å²) >= 11 is 0. The molecule has 3 heterocycles. The lowest BCUT2D eigenvalue weighted by atomic mass is 9.85. The minimum atomic E-state index is 0.103. The van der Waals surface area contributed by atoms with Crippen LogP contribution in [0, 0.1) is 0 Å². The van der Waals surface area contributed by atoms with Crippen LogP contribution < -0.4 is 5.32 Å². The molecular formula is C18H26N6O2. The number of carbonyl (C=O) groups is 1. The highest BCUT2D eigenvalue weighted by atomic mass is 16.5. The third-order valence-corrected chi connectivity index (χ3v) is 5.32. The van der Waals surface area contributed by atoms with Crippen molar-refractivity contribution >= 4 is 5.91 Å². The number of amides is 1. The number of rotatable bonds is 7. The number of aryl methyl sites for hydroxylation is 1. The molecule has 0 unspecified atom stereocenters. The van der Waals surface area contributed by atoms with Gasteiger partial charge in [0.1, 0.15) is 0 Å². The molecule has 2 aromatic heterocycles. The Labute approximate surface area is 152 Å². The van der Waals surface area contributed by atoms with Crippen LogP contribution in [0.2, 0.25) is 0 Å². The van der Waals surface area contributed by atoms with Crippen molar-refractivity contribution in [2.24, 2.45) is 0 Å². The van der Waals surface area contributed by atoms with Gasteiger partial charge in [-0.05, 0) is 25.8 Å². The van der Waals surface area contributed by atoms with E-state index < -0.39 is 0 Å². The van der Waals surface area contributed by atoms with Gasteiger partial charge in [0, 0.05) is 38.4 Å². The lowest BCUT2D eigenvalue weighted by molar-refractivity contribution is -0.131. The van der Waals surface area contributed by atoms with E-state index in [1.54, 1.807) is 4.90 Å². The molecule has 0 radical (unpaired) electrons. The van der Waals surface area contributed by atoms with Crippen LogP contribution in [0.15, 0.2) is 10.6 Å². The highest BCUT2D eigenvalue weighted by Crippen LogP contribution is 2.35. The standard InChI is InChI=1S/C18H26N6O2/c1-2-23(12-16-20-18(26-22-16)13-4-3-5-13)17(25)7-6-14-10-15-11-19-8-9-24(15)21-14/h10,13,19H,2-9,11-12H2,1H3. The van der Waals surface area contributed by atoms with E-state index >= 15 is 0 Å². The van der Waals surface area contributed by atoms with Crippen molar-refractivity contribution in [1.29, 1.82) is 0 Å². The summed E-state index contributed by atoms with van der Waals surface area (Å²) in [6, 6.07) is 2.10. The maximum atomic E-state index is 12.6. The summed E-state index contributed by atoms with van der Waals surface area (Å²) in [6.07, 6.45) is 4.60. The van der Waals surface area contributed by atoms with Crippen molar-refractivity contribution in [3.63, 3.8) is 0 Å². The van der Waals surface area contributed by atoms with E-state index in [0.29, 0.717) is 37.7 Å². The number of hydrogen-bond donors (Lipinski definition) is 1. The molecule has 0 aromatic carbocycles. The molecule has 140 valence electrons. The Morgan fingerprint density at radius 3 is 3.08 bits per heavy atom. The minimum absolute atomic E-state index is 0.103. The maximum absolute atomic E-state index is 12.6. The van der Waals surface area contributed by atoms with Gasteiger partial charge in [0.15, 0.2) is 5.82 Å². The molecule has 1 N–H and O–H groups in total. The molecule has 1 saturated carbocycles. The first-order chi connectivity index (χ1) is 12.7. The Morgan fingerprint density at radius 1 is 1.46 bits per heavy atom. The molecule has 0 saturated heterocycles. The van der Waals surface area contributed by atoms with Crippen molar-refractivity contribution in [3.05, 3.63) is 29.2 Å². The summed E-state index contributed by atoms with van der Waals surface area (Å²) in [5.74, 6) is 1.85. The van der Waals surface area contributed by atoms with Crippen LogP contribution in [0.5, 0.6) is 0 Å². The van der Waals surface area contributed by atoms with Crippen molar-refractivity contribution in [2.45, 2.75) is 64.6 Å². The fourth-order valence-corrected chi connectivity index (χ4v) is 3.47. The van der Waals surface area contributed by atoms with E-state index in [1.165, 1.54) is 12.1 Å². The summed E-state index contributed by atoms with van der Waals surface area (Å²) in [5.41, 5.74) is 2.18. The smallest absolute Gasteiger partial charge is 0.229 e. The van der Waals surface area contributed by atoms with Crippen molar-refractivity contribution in [2.75, 3.05) is 13.1 Å². The zero-order chi connectivity index (χ0) is 17.9. The first-order valence-electron chi connectivity index (χ1n) is 9.59. The van der Waals surface area contributed by atoms with Gasteiger partial charge in [-0.3, -0.25) is 9.48 Å². The largest absolute Gasteiger partial charge is 0.339 e. The summed E-state index contributed by atoms with van der Waals surface area (Å²) < 4.78 is 7.39. The topological polar surface area (TPSA) is 89.1 Å². The Bertz CT molecular complexity index is 740. The second-order valence-corrected chi connectivity index (χ2v) is 7.11. The molecule has 8 nitrogen and oxygen atoms in total. The normalized spacial score (nSPS) is 17.0. The zero-order valence-electron chi connectivity index (χ0n) is 15.3. The van der Waals surface area contributed by atoms with Crippen molar-refractivity contribution < 1.29 is 9.32 Å². The quantitative estimate of drug-likeness (QED) is 0.809. The molecule has 1 amide bonds. The van der Waals surface area contributed by atoms with Crippen LogP contribution in [0.25, 0.3) is 0 Å². The van der Waals surface area contributed by atoms with Crippen LogP contribution in [-0.2, 0) is 30.8 Å². The van der Waals surface area contributed by atoms with E-state index in [2.05, 4.69) is 26.6 Å². The number of aromatic nitrogens is 4. The van der Waals surface area contributed by atoms with Gasteiger partial charge in [-0.25, -0.2) is 0 Å². The molecular weight excluding hydrogens is 332 g/mol. The fraction of sp³-hybridized carbons (Fsp3) is 0.667.